The molecule has 3 aromatic rings. The number of aliphatic hydroxyl groups is 1. The van der Waals surface area contributed by atoms with E-state index in [9.17, 15) is 14.7 Å². The molecule has 0 radical (unpaired) electrons. The molecule has 0 amide bonds. The fourth-order valence-electron chi connectivity index (χ4n) is 5.19. The van der Waals surface area contributed by atoms with Crippen LogP contribution in [0.4, 0.5) is 0 Å². The summed E-state index contributed by atoms with van der Waals surface area (Å²) in [4.78, 5) is 30.8. The lowest BCUT2D eigenvalue weighted by Gasteiger charge is -2.31. The van der Waals surface area contributed by atoms with Gasteiger partial charge in [-0.1, -0.05) is 13.8 Å². The predicted molar refractivity (Wildman–Crippen MR) is 124 cm³/mol. The maximum absolute atomic E-state index is 13.5. The number of ether oxygens (including phenoxy) is 4. The summed E-state index contributed by atoms with van der Waals surface area (Å²) in [6.45, 7) is 3.87. The van der Waals surface area contributed by atoms with Gasteiger partial charge in [0.05, 0.1) is 55.7 Å². The fraction of sp³-hybridized carbons (Fsp3) is 0.400. The summed E-state index contributed by atoms with van der Waals surface area (Å²) in [6.07, 6.45) is 0.754. The number of pyridine rings is 2. The van der Waals surface area contributed by atoms with Gasteiger partial charge >= 0.3 is 5.97 Å². The standard InChI is InChI=1S/C25H26N2O7/c1-6-12-13-10-27-17(8-15-14(23(27)28)11-34-24(29)25(15,30)7-2)20(13)26-16-9-18(31-3)21(32-4)22(33-5)19(12)16/h8-9,30H,6-7,10-11H2,1-5H3/t25-/m0/s1. The third kappa shape index (κ3) is 2.73. The lowest BCUT2D eigenvalue weighted by Crippen LogP contribution is -2.44. The third-order valence-corrected chi connectivity index (χ3v) is 6.95. The second kappa shape index (κ2) is 7.73. The van der Waals surface area contributed by atoms with E-state index >= 15 is 0 Å². The number of aryl methyl sites for hydroxylation is 1. The third-order valence-electron chi connectivity index (χ3n) is 6.95. The van der Waals surface area contributed by atoms with Crippen molar-refractivity contribution in [2.24, 2.45) is 0 Å². The Bertz CT molecular complexity index is 1430. The Hall–Kier alpha value is -3.59. The van der Waals surface area contributed by atoms with Crippen LogP contribution < -0.4 is 19.8 Å². The van der Waals surface area contributed by atoms with Crippen LogP contribution in [0.3, 0.4) is 0 Å². The highest BCUT2D eigenvalue weighted by atomic mass is 16.6. The van der Waals surface area contributed by atoms with E-state index in [2.05, 4.69) is 0 Å². The zero-order valence-corrected chi connectivity index (χ0v) is 19.8. The van der Waals surface area contributed by atoms with E-state index in [0.29, 0.717) is 58.2 Å². The van der Waals surface area contributed by atoms with E-state index in [0.717, 1.165) is 16.5 Å². The number of nitrogens with zero attached hydrogens (tertiary/aromatic N) is 2. The van der Waals surface area contributed by atoms with Crippen molar-refractivity contribution in [3.63, 3.8) is 0 Å². The van der Waals surface area contributed by atoms with Gasteiger partial charge in [0.15, 0.2) is 17.1 Å². The van der Waals surface area contributed by atoms with Crippen molar-refractivity contribution in [1.29, 1.82) is 0 Å². The van der Waals surface area contributed by atoms with Crippen LogP contribution >= 0.6 is 0 Å². The SMILES string of the molecule is CCc1c2c(nc3cc(OC)c(OC)c(OC)c13)-c1cc3c(c(=O)n1C2)COC(=O)[C@]3(O)CC. The number of carbonyl (C=O) groups is 1. The van der Waals surface area contributed by atoms with Gasteiger partial charge in [-0.25, -0.2) is 9.78 Å². The number of hydrogen-bond donors (Lipinski definition) is 1. The zero-order valence-electron chi connectivity index (χ0n) is 19.8. The number of fused-ring (bicyclic) bond motifs is 5. The van der Waals surface area contributed by atoms with Gasteiger partial charge in [-0.15, -0.1) is 0 Å². The van der Waals surface area contributed by atoms with E-state index in [1.807, 2.05) is 6.92 Å². The largest absolute Gasteiger partial charge is 0.493 e. The smallest absolute Gasteiger partial charge is 0.343 e. The summed E-state index contributed by atoms with van der Waals surface area (Å²) in [7, 11) is 4.67. The Labute approximate surface area is 195 Å². The Morgan fingerprint density at radius 3 is 2.44 bits per heavy atom. The van der Waals surface area contributed by atoms with Crippen LogP contribution in [0.5, 0.6) is 17.2 Å². The number of cyclic esters (lactones) is 1. The first-order valence-corrected chi connectivity index (χ1v) is 11.2. The van der Waals surface area contributed by atoms with Gasteiger partial charge in [-0.3, -0.25) is 4.79 Å². The van der Waals surface area contributed by atoms with Gasteiger partial charge in [0.25, 0.3) is 5.56 Å². The summed E-state index contributed by atoms with van der Waals surface area (Å²) in [6, 6.07) is 3.50. The number of carbonyl (C=O) groups excluding carboxylic acids is 1. The van der Waals surface area contributed by atoms with Crippen LogP contribution in [0.25, 0.3) is 22.3 Å². The molecule has 0 spiro atoms. The van der Waals surface area contributed by atoms with Crippen molar-refractivity contribution in [3.05, 3.63) is 44.7 Å². The highest BCUT2D eigenvalue weighted by Gasteiger charge is 2.45. The Morgan fingerprint density at radius 2 is 1.82 bits per heavy atom. The van der Waals surface area contributed by atoms with E-state index in [1.54, 1.807) is 45.0 Å². The molecule has 34 heavy (non-hydrogen) atoms. The molecule has 5 rings (SSSR count). The summed E-state index contributed by atoms with van der Waals surface area (Å²) in [5.74, 6) is 0.726. The molecule has 4 heterocycles. The molecule has 1 N–H and O–H groups in total. The Kier molecular flexibility index (Phi) is 5.05. The molecule has 0 saturated heterocycles. The molecule has 0 saturated carbocycles. The van der Waals surface area contributed by atoms with Crippen LogP contribution in [0.2, 0.25) is 0 Å². The maximum Gasteiger partial charge on any atom is 0.343 e. The summed E-state index contributed by atoms with van der Waals surface area (Å²) in [5, 5.41) is 11.9. The van der Waals surface area contributed by atoms with Gasteiger partial charge in [0, 0.05) is 17.2 Å². The summed E-state index contributed by atoms with van der Waals surface area (Å²) >= 11 is 0. The maximum atomic E-state index is 13.5. The minimum atomic E-state index is -1.87. The van der Waals surface area contributed by atoms with E-state index in [1.165, 1.54) is 0 Å². The molecule has 1 atom stereocenters. The molecule has 0 bridgehead atoms. The molecule has 0 aliphatic carbocycles. The van der Waals surface area contributed by atoms with Crippen LogP contribution in [-0.2, 0) is 34.7 Å². The number of hydrogen-bond acceptors (Lipinski definition) is 8. The molecule has 2 aliphatic heterocycles. The van der Waals surface area contributed by atoms with E-state index in [4.69, 9.17) is 23.9 Å². The van der Waals surface area contributed by atoms with E-state index < -0.39 is 11.6 Å². The quantitative estimate of drug-likeness (QED) is 0.447. The van der Waals surface area contributed by atoms with E-state index in [-0.39, 0.29) is 18.6 Å². The molecular weight excluding hydrogens is 440 g/mol. The topological polar surface area (TPSA) is 109 Å². The molecular formula is C25H26N2O7. The zero-order chi connectivity index (χ0) is 24.4. The molecule has 2 aliphatic rings. The lowest BCUT2D eigenvalue weighted by molar-refractivity contribution is -0.172. The second-order valence-electron chi connectivity index (χ2n) is 8.41. The molecule has 2 aromatic heterocycles. The van der Waals surface area contributed by atoms with Crippen molar-refractivity contribution >= 4 is 16.9 Å². The molecule has 9 nitrogen and oxygen atoms in total. The molecule has 178 valence electrons. The molecule has 9 heteroatoms. The van der Waals surface area contributed by atoms with Crippen molar-refractivity contribution in [3.8, 4) is 28.6 Å². The number of aromatic nitrogens is 2. The number of benzene rings is 1. The van der Waals surface area contributed by atoms with Crippen LogP contribution in [0.1, 0.15) is 42.5 Å². The Balaban J connectivity index is 1.86. The molecule has 1 aromatic carbocycles. The van der Waals surface area contributed by atoms with Gasteiger partial charge < -0.3 is 28.6 Å². The minimum absolute atomic E-state index is 0.0914. The first kappa shape index (κ1) is 22.2. The van der Waals surface area contributed by atoms with Crippen LogP contribution in [0, 0.1) is 0 Å². The van der Waals surface area contributed by atoms with Gasteiger partial charge in [0.2, 0.25) is 5.75 Å². The second-order valence-corrected chi connectivity index (χ2v) is 8.41. The van der Waals surface area contributed by atoms with Gasteiger partial charge in [0.1, 0.15) is 6.61 Å². The highest BCUT2D eigenvalue weighted by molar-refractivity contribution is 5.96. The average molecular weight is 466 g/mol. The molecule has 0 fully saturated rings. The van der Waals surface area contributed by atoms with Gasteiger partial charge in [-0.2, -0.15) is 0 Å². The summed E-state index contributed by atoms with van der Waals surface area (Å²) in [5.41, 5.74) is 2.14. The van der Waals surface area contributed by atoms with Crippen molar-refractivity contribution in [2.75, 3.05) is 21.3 Å². The van der Waals surface area contributed by atoms with Crippen molar-refractivity contribution in [1.82, 2.24) is 9.55 Å². The minimum Gasteiger partial charge on any atom is -0.493 e. The fourth-order valence-corrected chi connectivity index (χ4v) is 5.19. The average Bonchev–Trinajstić information content (AvgIpc) is 3.22. The normalized spacial score (nSPS) is 18.2. The van der Waals surface area contributed by atoms with Crippen LogP contribution in [-0.4, -0.2) is 42.0 Å². The number of esters is 1. The number of methoxy groups -OCH3 is 3. The molecule has 0 unspecified atom stereocenters. The van der Waals surface area contributed by atoms with Gasteiger partial charge in [-0.05, 0) is 24.5 Å². The predicted octanol–water partition coefficient (Wildman–Crippen LogP) is 2.67. The first-order chi connectivity index (χ1) is 16.3. The van der Waals surface area contributed by atoms with Crippen molar-refractivity contribution in [2.45, 2.75) is 45.4 Å². The summed E-state index contributed by atoms with van der Waals surface area (Å²) < 4.78 is 23.6. The highest BCUT2D eigenvalue weighted by Crippen LogP contribution is 2.47. The van der Waals surface area contributed by atoms with Crippen LogP contribution in [0.15, 0.2) is 16.9 Å². The van der Waals surface area contributed by atoms with Crippen molar-refractivity contribution < 1.29 is 28.8 Å². The number of rotatable bonds is 5. The Morgan fingerprint density at radius 1 is 1.09 bits per heavy atom. The first-order valence-electron chi connectivity index (χ1n) is 11.2. The monoisotopic (exact) mass is 466 g/mol. The lowest BCUT2D eigenvalue weighted by atomic mass is 9.86.